The van der Waals surface area contributed by atoms with Gasteiger partial charge in [0.15, 0.2) is 0 Å². The van der Waals surface area contributed by atoms with Crippen molar-refractivity contribution >= 4 is 17.1 Å². The van der Waals surface area contributed by atoms with Crippen LogP contribution in [-0.2, 0) is 23.5 Å². The van der Waals surface area contributed by atoms with E-state index in [2.05, 4.69) is 0 Å². The Hall–Kier alpha value is -2.84. The smallest absolute Gasteiger partial charge is 0.258 e. The van der Waals surface area contributed by atoms with E-state index >= 15 is 0 Å². The Morgan fingerprint density at radius 3 is 1.96 bits per heavy atom. The predicted molar refractivity (Wildman–Crippen MR) is 74.6 cm³/mol. The molecule has 1 radical (unpaired) electrons. The maximum atomic E-state index is 11.2. The normalized spacial score (nSPS) is 11.1. The molecule has 3 rings (SSSR count). The van der Waals surface area contributed by atoms with E-state index in [1.165, 1.54) is 24.3 Å². The number of non-ortho nitro benzene ring substituents is 2. The average Bonchev–Trinajstić information content (AvgIpc) is 2.82. The van der Waals surface area contributed by atoms with Crippen molar-refractivity contribution in [1.82, 2.24) is 0 Å². The van der Waals surface area contributed by atoms with Crippen LogP contribution in [0.2, 0.25) is 0 Å². The minimum atomic E-state index is -0.696. The van der Waals surface area contributed by atoms with Gasteiger partial charge in [0.05, 0.1) is 26.4 Å². The molecule has 0 heterocycles. The van der Waals surface area contributed by atoms with E-state index in [0.717, 1.165) is 6.07 Å². The Morgan fingerprint density at radius 2 is 1.39 bits per heavy atom. The third kappa shape index (κ3) is 2.65. The number of hydrogen-bond donors (Lipinski definition) is 0. The molecule has 0 atom stereocenters. The number of fused-ring (bicyclic) bond motifs is 3. The molecule has 0 amide bonds. The predicted octanol–water partition coefficient (Wildman–Crippen LogP) is 2.98. The Labute approximate surface area is 138 Å². The zero-order chi connectivity index (χ0) is 16.0. The van der Waals surface area contributed by atoms with Crippen LogP contribution in [0.3, 0.4) is 0 Å². The van der Waals surface area contributed by atoms with E-state index in [0.29, 0.717) is 22.3 Å². The van der Waals surface area contributed by atoms with Crippen molar-refractivity contribution in [3.8, 4) is 11.1 Å². The van der Waals surface area contributed by atoms with Crippen LogP contribution >= 0.6 is 0 Å². The quantitative estimate of drug-likeness (QED) is 0.399. The third-order valence-corrected chi connectivity index (χ3v) is 3.54. The molecule has 0 unspecified atom stereocenters. The molecule has 0 N–H and O–H groups in total. The van der Waals surface area contributed by atoms with Gasteiger partial charge < -0.3 is 0 Å². The van der Waals surface area contributed by atoms with Crippen LogP contribution in [0.15, 0.2) is 30.3 Å². The second-order valence-electron chi connectivity index (χ2n) is 4.79. The van der Waals surface area contributed by atoms with E-state index in [4.69, 9.17) is 0 Å². The summed E-state index contributed by atoms with van der Waals surface area (Å²) in [7, 11) is 0. The van der Waals surface area contributed by atoms with Gasteiger partial charge in [0.2, 0.25) is 0 Å². The molecule has 0 fully saturated rings. The molecule has 1 aliphatic carbocycles. The number of nitro benzene ring substituents is 3. The van der Waals surface area contributed by atoms with Crippen LogP contribution in [0.5, 0.6) is 0 Å². The van der Waals surface area contributed by atoms with Crippen molar-refractivity contribution in [3.05, 3.63) is 71.8 Å². The van der Waals surface area contributed by atoms with Crippen molar-refractivity contribution in [1.29, 1.82) is 0 Å². The molecule has 0 bridgehead atoms. The molecule has 0 saturated carbocycles. The molecule has 1 aliphatic rings. The van der Waals surface area contributed by atoms with Gasteiger partial charge >= 0.3 is 0 Å². The number of nitro groups is 3. The number of hydrogen-bond acceptors (Lipinski definition) is 6. The van der Waals surface area contributed by atoms with Gasteiger partial charge in [0, 0.05) is 35.3 Å². The van der Waals surface area contributed by atoms with Gasteiger partial charge in [0.25, 0.3) is 17.1 Å². The van der Waals surface area contributed by atoms with Crippen molar-refractivity contribution in [3.63, 3.8) is 0 Å². The molecule has 2 aromatic rings. The molecule has 10 heteroatoms. The van der Waals surface area contributed by atoms with Crippen molar-refractivity contribution in [2.24, 2.45) is 0 Å². The summed E-state index contributed by atoms with van der Waals surface area (Å²) in [6.45, 7) is 0. The summed E-state index contributed by atoms with van der Waals surface area (Å²) >= 11 is 0. The largest absolute Gasteiger partial charge is 0.284 e. The van der Waals surface area contributed by atoms with Crippen molar-refractivity contribution in [2.45, 2.75) is 6.42 Å². The Kier molecular flexibility index (Phi) is 4.13. The molecule has 9 nitrogen and oxygen atoms in total. The van der Waals surface area contributed by atoms with Gasteiger partial charge in [-0.15, -0.1) is 0 Å². The van der Waals surface area contributed by atoms with Gasteiger partial charge in [-0.2, -0.15) is 0 Å². The van der Waals surface area contributed by atoms with Crippen LogP contribution < -0.4 is 0 Å². The Balaban J connectivity index is 0.00000192. The molecular weight excluding hydrogens is 358 g/mol. The molecule has 0 aliphatic heterocycles. The van der Waals surface area contributed by atoms with Crippen LogP contribution in [-0.4, -0.2) is 14.8 Å². The van der Waals surface area contributed by atoms with Gasteiger partial charge in [-0.25, -0.2) is 0 Å². The summed E-state index contributed by atoms with van der Waals surface area (Å²) in [5.74, 6) is 0. The fourth-order valence-electron chi connectivity index (χ4n) is 2.66. The minimum absolute atomic E-state index is 0. The van der Waals surface area contributed by atoms with Crippen LogP contribution in [0.1, 0.15) is 11.1 Å². The first-order valence-electron chi connectivity index (χ1n) is 6.12. The van der Waals surface area contributed by atoms with Crippen LogP contribution in [0, 0.1) is 30.3 Å². The van der Waals surface area contributed by atoms with Crippen molar-refractivity contribution < 1.29 is 31.8 Å². The van der Waals surface area contributed by atoms with Crippen LogP contribution in [0.4, 0.5) is 17.1 Å². The molecule has 121 valence electrons. The first kappa shape index (κ1) is 16.5. The molecule has 2 aromatic carbocycles. The summed E-state index contributed by atoms with van der Waals surface area (Å²) in [6.07, 6.45) is 0.189. The molecular formula is C13H7CuN3O6. The second-order valence-corrected chi connectivity index (χ2v) is 4.79. The van der Waals surface area contributed by atoms with E-state index < -0.39 is 14.8 Å². The first-order chi connectivity index (χ1) is 10.4. The second kappa shape index (κ2) is 5.75. The molecule has 0 spiro atoms. The third-order valence-electron chi connectivity index (χ3n) is 3.54. The molecule has 23 heavy (non-hydrogen) atoms. The molecule has 0 saturated heterocycles. The fourth-order valence-corrected chi connectivity index (χ4v) is 2.66. The summed E-state index contributed by atoms with van der Waals surface area (Å²) in [5, 5.41) is 32.9. The minimum Gasteiger partial charge on any atom is -0.258 e. The summed E-state index contributed by atoms with van der Waals surface area (Å²) in [6, 6.07) is 6.23. The van der Waals surface area contributed by atoms with E-state index in [1.54, 1.807) is 0 Å². The summed E-state index contributed by atoms with van der Waals surface area (Å²) in [4.78, 5) is 31.0. The first-order valence-corrected chi connectivity index (χ1v) is 6.12. The average molecular weight is 365 g/mol. The summed E-state index contributed by atoms with van der Waals surface area (Å²) < 4.78 is 0. The number of benzene rings is 2. The maximum absolute atomic E-state index is 11.2. The fraction of sp³-hybridized carbons (Fsp3) is 0.0769. The van der Waals surface area contributed by atoms with Gasteiger partial charge in [-0.05, 0) is 29.2 Å². The zero-order valence-electron chi connectivity index (χ0n) is 11.2. The van der Waals surface area contributed by atoms with E-state index in [1.807, 2.05) is 0 Å². The summed E-state index contributed by atoms with van der Waals surface area (Å²) in [5.41, 5.74) is 0.917. The number of nitrogens with zero attached hydrogens (tertiary/aromatic N) is 3. The standard InChI is InChI=1S/C13H7N3O6.Cu/c17-14(18)9-1-2-11-7(4-9)3-8-5-10(15(19)20)6-12(13(8)11)16(21)22;/h1-2,4-6H,3H2;. The molecule has 0 aromatic heterocycles. The monoisotopic (exact) mass is 364 g/mol. The Bertz CT molecular complexity index is 867. The zero-order valence-corrected chi connectivity index (χ0v) is 12.1. The van der Waals surface area contributed by atoms with Gasteiger partial charge in [0.1, 0.15) is 0 Å². The maximum Gasteiger partial charge on any atom is 0.284 e. The van der Waals surface area contributed by atoms with E-state index in [-0.39, 0.29) is 40.6 Å². The van der Waals surface area contributed by atoms with Gasteiger partial charge in [-0.1, -0.05) is 0 Å². The van der Waals surface area contributed by atoms with Crippen LogP contribution in [0.25, 0.3) is 11.1 Å². The number of rotatable bonds is 3. The Morgan fingerprint density at radius 1 is 0.783 bits per heavy atom. The van der Waals surface area contributed by atoms with E-state index in [9.17, 15) is 30.3 Å². The topological polar surface area (TPSA) is 129 Å². The SMILES string of the molecule is O=[N+]([O-])c1ccc2c(c1)Cc1cc([N+](=O)[O-])cc([N+](=O)[O-])c1-2.[Cu]. The van der Waals surface area contributed by atoms with Gasteiger partial charge in [-0.3, -0.25) is 30.3 Å². The van der Waals surface area contributed by atoms with Crippen molar-refractivity contribution in [2.75, 3.05) is 0 Å².